The van der Waals surface area contributed by atoms with Gasteiger partial charge in [0.25, 0.3) is 0 Å². The lowest BCUT2D eigenvalue weighted by Crippen LogP contribution is -2.50. The summed E-state index contributed by atoms with van der Waals surface area (Å²) in [5.74, 6) is 2.12. The number of hydrogen-bond donors (Lipinski definition) is 0. The summed E-state index contributed by atoms with van der Waals surface area (Å²) in [6.07, 6.45) is 2.57. The number of amides is 1. The van der Waals surface area contributed by atoms with E-state index >= 15 is 0 Å². The van der Waals surface area contributed by atoms with Crippen molar-refractivity contribution in [1.82, 2.24) is 20.0 Å². The molecule has 4 rings (SSSR count). The highest BCUT2D eigenvalue weighted by Gasteiger charge is 2.27. The number of carbonyl (C=O) groups is 1. The van der Waals surface area contributed by atoms with Crippen LogP contribution in [0, 0.1) is 6.92 Å². The van der Waals surface area contributed by atoms with Gasteiger partial charge in [-0.3, -0.25) is 4.79 Å². The molecule has 1 atom stereocenters. The summed E-state index contributed by atoms with van der Waals surface area (Å²) in [7, 11) is 0. The van der Waals surface area contributed by atoms with Gasteiger partial charge in [-0.25, -0.2) is 4.98 Å². The summed E-state index contributed by atoms with van der Waals surface area (Å²) < 4.78 is 5.02. The molecule has 0 aliphatic carbocycles. The highest BCUT2D eigenvalue weighted by Crippen LogP contribution is 2.24. The van der Waals surface area contributed by atoms with Gasteiger partial charge in [0.15, 0.2) is 0 Å². The number of rotatable bonds is 5. The quantitative estimate of drug-likeness (QED) is 0.664. The van der Waals surface area contributed by atoms with Gasteiger partial charge in [-0.15, -0.1) is 0 Å². The van der Waals surface area contributed by atoms with Crippen LogP contribution in [0.3, 0.4) is 0 Å². The van der Waals surface area contributed by atoms with Gasteiger partial charge in [-0.05, 0) is 24.1 Å². The number of piperazine rings is 1. The van der Waals surface area contributed by atoms with Crippen LogP contribution in [0.5, 0.6) is 0 Å². The Labute approximate surface area is 170 Å². The minimum atomic E-state index is -0.0708. The number of carbonyl (C=O) groups excluding carboxylic acids is 1. The number of benzene rings is 1. The first-order chi connectivity index (χ1) is 14.2. The maximum atomic E-state index is 13.0. The molecule has 3 heterocycles. The molecule has 1 amide bonds. The number of anilines is 1. The zero-order chi connectivity index (χ0) is 20.2. The Balaban J connectivity index is 1.38. The van der Waals surface area contributed by atoms with E-state index in [0.717, 1.165) is 36.5 Å². The summed E-state index contributed by atoms with van der Waals surface area (Å²) in [5, 5.41) is 3.92. The number of aromatic nitrogens is 3. The van der Waals surface area contributed by atoms with Gasteiger partial charge in [-0.2, -0.15) is 4.98 Å². The summed E-state index contributed by atoms with van der Waals surface area (Å²) >= 11 is 0. The Morgan fingerprint density at radius 1 is 1.10 bits per heavy atom. The van der Waals surface area contributed by atoms with Gasteiger partial charge < -0.3 is 14.3 Å². The van der Waals surface area contributed by atoms with Crippen molar-refractivity contribution in [2.45, 2.75) is 26.2 Å². The Bertz CT molecular complexity index is 947. The maximum absolute atomic E-state index is 13.0. The Kier molecular flexibility index (Phi) is 5.55. The lowest BCUT2D eigenvalue weighted by atomic mass is 9.95. The van der Waals surface area contributed by atoms with E-state index in [9.17, 15) is 4.79 Å². The molecule has 3 aromatic rings. The normalized spacial score (nSPS) is 15.4. The molecule has 1 aromatic carbocycles. The second kappa shape index (κ2) is 8.43. The lowest BCUT2D eigenvalue weighted by Gasteiger charge is -2.37. The van der Waals surface area contributed by atoms with Crippen LogP contribution in [-0.2, 0) is 4.79 Å². The highest BCUT2D eigenvalue weighted by molar-refractivity contribution is 5.84. The van der Waals surface area contributed by atoms with Crippen LogP contribution in [0.1, 0.15) is 30.7 Å². The second-order valence-corrected chi connectivity index (χ2v) is 7.23. The van der Waals surface area contributed by atoms with Gasteiger partial charge >= 0.3 is 0 Å². The molecule has 29 heavy (non-hydrogen) atoms. The van der Waals surface area contributed by atoms with Crippen molar-refractivity contribution >= 4 is 11.7 Å². The largest absolute Gasteiger partial charge is 0.353 e. The molecule has 0 spiro atoms. The smallest absolute Gasteiger partial charge is 0.230 e. The molecule has 2 aromatic heterocycles. The van der Waals surface area contributed by atoms with Gasteiger partial charge in [0.2, 0.25) is 17.6 Å². The van der Waals surface area contributed by atoms with E-state index in [-0.39, 0.29) is 11.8 Å². The van der Waals surface area contributed by atoms with Gasteiger partial charge in [0.1, 0.15) is 5.82 Å². The van der Waals surface area contributed by atoms with Crippen molar-refractivity contribution in [2.24, 2.45) is 0 Å². The molecule has 1 aliphatic heterocycles. The summed E-state index contributed by atoms with van der Waals surface area (Å²) in [5.41, 5.74) is 1.92. The first kappa shape index (κ1) is 19.1. The standard InChI is InChI=1S/C22H25N5O2/c1-3-19(17-7-5-4-6-8-17)22(28)27-13-11-26(12-14-27)20-10-9-18(15-23-20)21-24-16(2)29-25-21/h4-10,15,19H,3,11-14H2,1-2H3/t19-/m1/s1. The predicted molar refractivity (Wildman–Crippen MR) is 111 cm³/mol. The molecule has 1 fully saturated rings. The number of nitrogens with zero attached hydrogens (tertiary/aromatic N) is 5. The molecule has 7 nitrogen and oxygen atoms in total. The zero-order valence-corrected chi connectivity index (χ0v) is 16.8. The van der Waals surface area contributed by atoms with E-state index in [4.69, 9.17) is 4.52 Å². The topological polar surface area (TPSA) is 75.4 Å². The minimum absolute atomic E-state index is 0.0708. The van der Waals surface area contributed by atoms with Crippen LogP contribution < -0.4 is 4.90 Å². The number of hydrogen-bond acceptors (Lipinski definition) is 6. The van der Waals surface area contributed by atoms with Crippen molar-refractivity contribution in [3.8, 4) is 11.4 Å². The van der Waals surface area contributed by atoms with Crippen molar-refractivity contribution in [3.05, 3.63) is 60.1 Å². The molecule has 0 N–H and O–H groups in total. The van der Waals surface area contributed by atoms with Crippen LogP contribution >= 0.6 is 0 Å². The average molecular weight is 391 g/mol. The summed E-state index contributed by atoms with van der Waals surface area (Å²) in [6, 6.07) is 14.0. The first-order valence-electron chi connectivity index (χ1n) is 10.0. The maximum Gasteiger partial charge on any atom is 0.230 e. The molecule has 0 saturated carbocycles. The number of aryl methyl sites for hydroxylation is 1. The van der Waals surface area contributed by atoms with Crippen LogP contribution in [0.4, 0.5) is 5.82 Å². The van der Waals surface area contributed by atoms with Gasteiger partial charge in [0, 0.05) is 44.9 Å². The fourth-order valence-corrected chi connectivity index (χ4v) is 3.74. The molecule has 0 bridgehead atoms. The SMILES string of the molecule is CC[C@@H](C(=O)N1CCN(c2ccc(-c3noc(C)n3)cn2)CC1)c1ccccc1. The fourth-order valence-electron chi connectivity index (χ4n) is 3.74. The third kappa shape index (κ3) is 4.13. The highest BCUT2D eigenvalue weighted by atomic mass is 16.5. The summed E-state index contributed by atoms with van der Waals surface area (Å²) in [4.78, 5) is 26.0. The second-order valence-electron chi connectivity index (χ2n) is 7.23. The third-order valence-corrected chi connectivity index (χ3v) is 5.36. The summed E-state index contributed by atoms with van der Waals surface area (Å²) in [6.45, 7) is 6.78. The molecule has 7 heteroatoms. The van der Waals surface area contributed by atoms with Crippen LogP contribution in [0.25, 0.3) is 11.4 Å². The average Bonchev–Trinajstić information content (AvgIpc) is 3.21. The Morgan fingerprint density at radius 3 is 2.45 bits per heavy atom. The van der Waals surface area contributed by atoms with E-state index < -0.39 is 0 Å². The van der Waals surface area contributed by atoms with Crippen molar-refractivity contribution in [3.63, 3.8) is 0 Å². The molecule has 0 radical (unpaired) electrons. The van der Waals surface area contributed by atoms with Crippen LogP contribution in [0.15, 0.2) is 53.2 Å². The Morgan fingerprint density at radius 2 is 1.86 bits per heavy atom. The monoisotopic (exact) mass is 391 g/mol. The van der Waals surface area contributed by atoms with E-state index in [0.29, 0.717) is 24.8 Å². The number of pyridine rings is 1. The van der Waals surface area contributed by atoms with E-state index in [2.05, 4.69) is 26.9 Å². The van der Waals surface area contributed by atoms with Gasteiger partial charge in [-0.1, -0.05) is 42.4 Å². The third-order valence-electron chi connectivity index (χ3n) is 5.36. The molecule has 1 aliphatic rings. The van der Waals surface area contributed by atoms with Gasteiger partial charge in [0.05, 0.1) is 5.92 Å². The lowest BCUT2D eigenvalue weighted by molar-refractivity contribution is -0.133. The van der Waals surface area contributed by atoms with Crippen molar-refractivity contribution in [2.75, 3.05) is 31.1 Å². The van der Waals surface area contributed by atoms with Crippen molar-refractivity contribution < 1.29 is 9.32 Å². The first-order valence-corrected chi connectivity index (χ1v) is 10.0. The molecular formula is C22H25N5O2. The molecule has 0 unspecified atom stereocenters. The Hall–Kier alpha value is -3.22. The van der Waals surface area contributed by atoms with Crippen LogP contribution in [-0.4, -0.2) is 52.1 Å². The zero-order valence-electron chi connectivity index (χ0n) is 16.8. The van der Waals surface area contributed by atoms with Crippen molar-refractivity contribution in [1.29, 1.82) is 0 Å². The van der Waals surface area contributed by atoms with E-state index in [1.807, 2.05) is 47.4 Å². The van der Waals surface area contributed by atoms with E-state index in [1.165, 1.54) is 0 Å². The molecule has 150 valence electrons. The molecular weight excluding hydrogens is 366 g/mol. The predicted octanol–water partition coefficient (Wildman–Crippen LogP) is 3.28. The fraction of sp³-hybridized carbons (Fsp3) is 0.364. The molecule has 1 saturated heterocycles. The minimum Gasteiger partial charge on any atom is -0.353 e. The van der Waals surface area contributed by atoms with Crippen LogP contribution in [0.2, 0.25) is 0 Å². The van der Waals surface area contributed by atoms with E-state index in [1.54, 1.807) is 13.1 Å².